The topological polar surface area (TPSA) is 20.2 Å². The quantitative estimate of drug-likeness (QED) is 0.863. The van der Waals surface area contributed by atoms with Crippen LogP contribution in [0.4, 0.5) is 4.39 Å². The zero-order valence-electron chi connectivity index (χ0n) is 8.58. The molecular formula is C12H10ClFOS. The van der Waals surface area contributed by atoms with Crippen LogP contribution < -0.4 is 0 Å². The number of hydrogen-bond acceptors (Lipinski definition) is 2. The number of aryl methyl sites for hydroxylation is 1. The summed E-state index contributed by atoms with van der Waals surface area (Å²) in [5.74, 6) is -0.351. The van der Waals surface area contributed by atoms with Gasteiger partial charge in [-0.05, 0) is 36.2 Å². The third kappa shape index (κ3) is 2.26. The third-order valence-corrected chi connectivity index (χ3v) is 3.92. The Hall–Kier alpha value is -0.900. The molecule has 4 heteroatoms. The monoisotopic (exact) mass is 256 g/mol. The fraction of sp³-hybridized carbons (Fsp3) is 0.167. The Labute approximate surface area is 102 Å². The molecule has 0 aliphatic rings. The maximum absolute atomic E-state index is 13.0. The van der Waals surface area contributed by atoms with Crippen molar-refractivity contribution in [3.05, 3.63) is 56.5 Å². The Morgan fingerprint density at radius 3 is 2.69 bits per heavy atom. The zero-order valence-corrected chi connectivity index (χ0v) is 10.1. The van der Waals surface area contributed by atoms with E-state index in [1.165, 1.54) is 23.5 Å². The van der Waals surface area contributed by atoms with Crippen molar-refractivity contribution >= 4 is 22.9 Å². The summed E-state index contributed by atoms with van der Waals surface area (Å²) < 4.78 is 13.7. The summed E-state index contributed by atoms with van der Waals surface area (Å²) in [5, 5.41) is 10.0. The molecule has 0 amide bonds. The number of thiophene rings is 1. The second-order valence-corrected chi connectivity index (χ2v) is 5.25. The Bertz CT molecular complexity index is 490. The first-order valence-electron chi connectivity index (χ1n) is 4.77. The van der Waals surface area contributed by atoms with Crippen LogP contribution in [0.2, 0.25) is 4.34 Å². The Morgan fingerprint density at radius 2 is 2.12 bits per heavy atom. The highest BCUT2D eigenvalue weighted by Gasteiger charge is 2.14. The first-order chi connectivity index (χ1) is 7.58. The molecule has 1 nitrogen and oxygen atoms in total. The molecule has 1 N–H and O–H groups in total. The minimum Gasteiger partial charge on any atom is -0.383 e. The van der Waals surface area contributed by atoms with E-state index in [0.29, 0.717) is 9.90 Å². The van der Waals surface area contributed by atoms with E-state index in [1.54, 1.807) is 12.1 Å². The molecule has 84 valence electrons. The standard InChI is InChI=1S/C12H10ClFOS/c1-7-5-10(16-12(7)13)11(15)8-3-2-4-9(14)6-8/h2-6,11,15H,1H3. The van der Waals surface area contributed by atoms with Crippen LogP contribution in [-0.2, 0) is 0 Å². The van der Waals surface area contributed by atoms with E-state index in [9.17, 15) is 9.50 Å². The van der Waals surface area contributed by atoms with Crippen LogP contribution in [0, 0.1) is 12.7 Å². The lowest BCUT2D eigenvalue weighted by molar-refractivity contribution is 0.223. The molecule has 1 heterocycles. The van der Waals surface area contributed by atoms with Gasteiger partial charge < -0.3 is 5.11 Å². The largest absolute Gasteiger partial charge is 0.383 e. The van der Waals surface area contributed by atoms with Crippen LogP contribution in [-0.4, -0.2) is 5.11 Å². The van der Waals surface area contributed by atoms with Gasteiger partial charge in [0.05, 0.1) is 4.34 Å². The molecule has 0 aliphatic heterocycles. The maximum atomic E-state index is 13.0. The minimum atomic E-state index is -0.813. The smallest absolute Gasteiger partial charge is 0.123 e. The van der Waals surface area contributed by atoms with Gasteiger partial charge in [-0.25, -0.2) is 4.39 Å². The van der Waals surface area contributed by atoms with Gasteiger partial charge >= 0.3 is 0 Å². The Kier molecular flexibility index (Phi) is 3.28. The zero-order chi connectivity index (χ0) is 11.7. The van der Waals surface area contributed by atoms with Gasteiger partial charge in [0.1, 0.15) is 11.9 Å². The minimum absolute atomic E-state index is 0.351. The van der Waals surface area contributed by atoms with E-state index in [0.717, 1.165) is 10.4 Å². The lowest BCUT2D eigenvalue weighted by Crippen LogP contribution is -1.97. The molecule has 1 unspecified atom stereocenters. The van der Waals surface area contributed by atoms with Crippen molar-refractivity contribution in [2.24, 2.45) is 0 Å². The van der Waals surface area contributed by atoms with Crippen LogP contribution >= 0.6 is 22.9 Å². The number of rotatable bonds is 2. The summed E-state index contributed by atoms with van der Waals surface area (Å²) in [4.78, 5) is 0.730. The van der Waals surface area contributed by atoms with E-state index in [-0.39, 0.29) is 5.82 Å². The summed E-state index contributed by atoms with van der Waals surface area (Å²) in [5.41, 5.74) is 1.47. The molecule has 2 rings (SSSR count). The van der Waals surface area contributed by atoms with Crippen molar-refractivity contribution in [1.82, 2.24) is 0 Å². The van der Waals surface area contributed by atoms with Crippen molar-refractivity contribution in [2.45, 2.75) is 13.0 Å². The van der Waals surface area contributed by atoms with Crippen LogP contribution in [0.5, 0.6) is 0 Å². The highest BCUT2D eigenvalue weighted by molar-refractivity contribution is 7.16. The van der Waals surface area contributed by atoms with Crippen molar-refractivity contribution in [3.8, 4) is 0 Å². The highest BCUT2D eigenvalue weighted by Crippen LogP contribution is 2.33. The van der Waals surface area contributed by atoms with Gasteiger partial charge in [0.2, 0.25) is 0 Å². The molecular weight excluding hydrogens is 247 g/mol. The number of aliphatic hydroxyl groups excluding tert-OH is 1. The molecule has 0 aliphatic carbocycles. The summed E-state index contributed by atoms with van der Waals surface area (Å²) in [6.45, 7) is 1.88. The van der Waals surface area contributed by atoms with E-state index in [1.807, 2.05) is 13.0 Å². The highest BCUT2D eigenvalue weighted by atomic mass is 35.5. The van der Waals surface area contributed by atoms with Gasteiger partial charge in [0.15, 0.2) is 0 Å². The molecule has 16 heavy (non-hydrogen) atoms. The van der Waals surface area contributed by atoms with Crippen molar-refractivity contribution in [3.63, 3.8) is 0 Å². The predicted molar refractivity (Wildman–Crippen MR) is 64.5 cm³/mol. The van der Waals surface area contributed by atoms with Crippen molar-refractivity contribution < 1.29 is 9.50 Å². The predicted octanol–water partition coefficient (Wildman–Crippen LogP) is 3.93. The van der Waals surface area contributed by atoms with Gasteiger partial charge in [-0.3, -0.25) is 0 Å². The van der Waals surface area contributed by atoms with Crippen molar-refractivity contribution in [1.29, 1.82) is 0 Å². The molecule has 2 aromatic rings. The lowest BCUT2D eigenvalue weighted by Gasteiger charge is -2.08. The van der Waals surface area contributed by atoms with Gasteiger partial charge in [0.25, 0.3) is 0 Å². The summed E-state index contributed by atoms with van der Waals surface area (Å²) >= 11 is 7.24. The number of halogens is 2. The number of aliphatic hydroxyl groups is 1. The average molecular weight is 257 g/mol. The Morgan fingerprint density at radius 1 is 1.38 bits per heavy atom. The van der Waals surface area contributed by atoms with Gasteiger partial charge in [-0.15, -0.1) is 11.3 Å². The fourth-order valence-electron chi connectivity index (χ4n) is 1.46. The van der Waals surface area contributed by atoms with E-state index >= 15 is 0 Å². The average Bonchev–Trinajstić information content (AvgIpc) is 2.58. The maximum Gasteiger partial charge on any atom is 0.123 e. The van der Waals surface area contributed by atoms with Gasteiger partial charge in [-0.2, -0.15) is 0 Å². The summed E-state index contributed by atoms with van der Waals surface area (Å²) in [6.07, 6.45) is -0.813. The number of hydrogen-bond donors (Lipinski definition) is 1. The molecule has 0 saturated carbocycles. The van der Waals surface area contributed by atoms with E-state index in [4.69, 9.17) is 11.6 Å². The van der Waals surface area contributed by atoms with Gasteiger partial charge in [-0.1, -0.05) is 23.7 Å². The van der Waals surface area contributed by atoms with Gasteiger partial charge in [0, 0.05) is 4.88 Å². The molecule has 0 saturated heterocycles. The Balaban J connectivity index is 2.35. The van der Waals surface area contributed by atoms with E-state index in [2.05, 4.69) is 0 Å². The first kappa shape index (κ1) is 11.6. The molecule has 0 radical (unpaired) electrons. The second-order valence-electron chi connectivity index (χ2n) is 3.56. The van der Waals surface area contributed by atoms with E-state index < -0.39 is 6.10 Å². The van der Waals surface area contributed by atoms with Crippen LogP contribution in [0.1, 0.15) is 22.1 Å². The first-order valence-corrected chi connectivity index (χ1v) is 5.96. The molecule has 1 aromatic heterocycles. The lowest BCUT2D eigenvalue weighted by atomic mass is 10.1. The second kappa shape index (κ2) is 4.53. The van der Waals surface area contributed by atoms with Crippen LogP contribution in [0.3, 0.4) is 0 Å². The SMILES string of the molecule is Cc1cc(C(O)c2cccc(F)c2)sc1Cl. The molecule has 0 spiro atoms. The molecule has 0 bridgehead atoms. The molecule has 1 aromatic carbocycles. The fourth-order valence-corrected chi connectivity index (χ4v) is 2.69. The summed E-state index contributed by atoms with van der Waals surface area (Å²) in [7, 11) is 0. The van der Waals surface area contributed by atoms with Crippen LogP contribution in [0.15, 0.2) is 30.3 Å². The molecule has 0 fully saturated rings. The van der Waals surface area contributed by atoms with Crippen LogP contribution in [0.25, 0.3) is 0 Å². The van der Waals surface area contributed by atoms with Crippen molar-refractivity contribution in [2.75, 3.05) is 0 Å². The summed E-state index contributed by atoms with van der Waals surface area (Å²) in [6, 6.07) is 7.77. The normalized spacial score (nSPS) is 12.8. The third-order valence-electron chi connectivity index (χ3n) is 2.31. The molecule has 1 atom stereocenters. The number of benzene rings is 1.